The second-order valence-corrected chi connectivity index (χ2v) is 5.93. The third-order valence-electron chi connectivity index (χ3n) is 3.27. The molecular weight excluding hydrogens is 248 g/mol. The fourth-order valence-corrected chi connectivity index (χ4v) is 2.43. The van der Waals surface area contributed by atoms with Crippen LogP contribution in [0.1, 0.15) is 37.0 Å². The van der Waals surface area contributed by atoms with E-state index < -0.39 is 0 Å². The van der Waals surface area contributed by atoms with E-state index >= 15 is 0 Å². The molecule has 0 aliphatic carbocycles. The molecule has 0 atom stereocenters. The minimum absolute atomic E-state index is 0.0992. The van der Waals surface area contributed by atoms with Gasteiger partial charge in [-0.2, -0.15) is 0 Å². The van der Waals surface area contributed by atoms with Crippen molar-refractivity contribution < 1.29 is 4.79 Å². The standard InChI is InChI=1S/C17H22N2O/c1-4-5-10-16(20)19-12-13(11-17(2,3)18)14-8-6-7-9-15(14)19/h4,6-9,12H,1,5,10-11,18H2,2-3H3. The summed E-state index contributed by atoms with van der Waals surface area (Å²) in [5, 5.41) is 1.11. The second-order valence-electron chi connectivity index (χ2n) is 5.93. The van der Waals surface area contributed by atoms with E-state index in [4.69, 9.17) is 5.73 Å². The van der Waals surface area contributed by atoms with Gasteiger partial charge in [0.1, 0.15) is 0 Å². The molecule has 0 radical (unpaired) electrons. The van der Waals surface area contributed by atoms with E-state index in [9.17, 15) is 4.79 Å². The van der Waals surface area contributed by atoms with Crippen LogP contribution in [-0.4, -0.2) is 16.0 Å². The van der Waals surface area contributed by atoms with Crippen LogP contribution in [0.4, 0.5) is 0 Å². The van der Waals surface area contributed by atoms with Crippen molar-refractivity contribution in [2.24, 2.45) is 5.73 Å². The summed E-state index contributed by atoms with van der Waals surface area (Å²) in [6.07, 6.45) is 5.63. The normalized spacial score (nSPS) is 11.8. The van der Waals surface area contributed by atoms with Crippen molar-refractivity contribution >= 4 is 16.8 Å². The molecule has 3 nitrogen and oxygen atoms in total. The molecule has 20 heavy (non-hydrogen) atoms. The van der Waals surface area contributed by atoms with Crippen molar-refractivity contribution in [2.75, 3.05) is 0 Å². The van der Waals surface area contributed by atoms with E-state index in [2.05, 4.69) is 6.58 Å². The van der Waals surface area contributed by atoms with E-state index in [1.54, 1.807) is 10.6 Å². The molecule has 1 aromatic carbocycles. The van der Waals surface area contributed by atoms with Crippen LogP contribution in [0.2, 0.25) is 0 Å². The molecule has 2 rings (SSSR count). The van der Waals surface area contributed by atoms with E-state index in [1.165, 1.54) is 0 Å². The number of benzene rings is 1. The maximum absolute atomic E-state index is 12.3. The molecule has 2 N–H and O–H groups in total. The molecule has 2 aromatic rings. The average molecular weight is 270 g/mol. The first-order valence-electron chi connectivity index (χ1n) is 6.94. The summed E-state index contributed by atoms with van der Waals surface area (Å²) in [4.78, 5) is 12.3. The highest BCUT2D eigenvalue weighted by Crippen LogP contribution is 2.24. The van der Waals surface area contributed by atoms with Gasteiger partial charge in [0.2, 0.25) is 5.91 Å². The van der Waals surface area contributed by atoms with Crippen LogP contribution in [0.15, 0.2) is 43.1 Å². The van der Waals surface area contributed by atoms with Gasteiger partial charge in [0.15, 0.2) is 0 Å². The van der Waals surface area contributed by atoms with Crippen molar-refractivity contribution in [3.63, 3.8) is 0 Å². The SMILES string of the molecule is C=CCCC(=O)n1cc(CC(C)(C)N)c2ccccc21. The minimum Gasteiger partial charge on any atom is -0.325 e. The summed E-state index contributed by atoms with van der Waals surface area (Å²) in [5.74, 6) is 0.0992. The Kier molecular flexibility index (Phi) is 4.09. The van der Waals surface area contributed by atoms with Gasteiger partial charge in [0, 0.05) is 23.5 Å². The number of hydrogen-bond acceptors (Lipinski definition) is 2. The third-order valence-corrected chi connectivity index (χ3v) is 3.27. The van der Waals surface area contributed by atoms with Crippen LogP contribution in [0.5, 0.6) is 0 Å². The van der Waals surface area contributed by atoms with Gasteiger partial charge in [-0.3, -0.25) is 9.36 Å². The zero-order chi connectivity index (χ0) is 14.8. The van der Waals surface area contributed by atoms with E-state index in [1.807, 2.05) is 44.3 Å². The van der Waals surface area contributed by atoms with E-state index in [0.29, 0.717) is 12.8 Å². The Hall–Kier alpha value is -1.87. The minimum atomic E-state index is -0.293. The summed E-state index contributed by atoms with van der Waals surface area (Å²) in [6, 6.07) is 7.98. The molecule has 0 aliphatic rings. The lowest BCUT2D eigenvalue weighted by molar-refractivity contribution is 0.0909. The first-order valence-corrected chi connectivity index (χ1v) is 6.94. The van der Waals surface area contributed by atoms with Gasteiger partial charge in [-0.05, 0) is 38.3 Å². The molecule has 0 saturated heterocycles. The van der Waals surface area contributed by atoms with Crippen molar-refractivity contribution in [1.29, 1.82) is 0 Å². The highest BCUT2D eigenvalue weighted by Gasteiger charge is 2.18. The molecule has 106 valence electrons. The number of nitrogens with two attached hydrogens (primary N) is 1. The Morgan fingerprint density at radius 3 is 2.75 bits per heavy atom. The Balaban J connectivity index is 2.45. The molecule has 0 spiro atoms. The highest BCUT2D eigenvalue weighted by molar-refractivity contribution is 5.94. The Bertz CT molecular complexity index is 632. The number of hydrogen-bond donors (Lipinski definition) is 1. The largest absolute Gasteiger partial charge is 0.325 e. The third kappa shape index (κ3) is 3.17. The van der Waals surface area contributed by atoms with Gasteiger partial charge in [0.25, 0.3) is 0 Å². The van der Waals surface area contributed by atoms with Crippen LogP contribution < -0.4 is 5.73 Å². The maximum atomic E-state index is 12.3. The van der Waals surface area contributed by atoms with Gasteiger partial charge >= 0.3 is 0 Å². The van der Waals surface area contributed by atoms with Crippen LogP contribution >= 0.6 is 0 Å². The molecule has 0 saturated carbocycles. The Morgan fingerprint density at radius 1 is 1.40 bits per heavy atom. The fourth-order valence-electron chi connectivity index (χ4n) is 2.43. The molecular formula is C17H22N2O. The number of rotatable bonds is 5. The molecule has 0 aliphatic heterocycles. The highest BCUT2D eigenvalue weighted by atomic mass is 16.2. The lowest BCUT2D eigenvalue weighted by Gasteiger charge is -2.17. The fraction of sp³-hybridized carbons (Fsp3) is 0.353. The van der Waals surface area contributed by atoms with E-state index in [0.717, 1.165) is 22.9 Å². The molecule has 0 bridgehead atoms. The second kappa shape index (κ2) is 5.63. The summed E-state index contributed by atoms with van der Waals surface area (Å²) >= 11 is 0. The zero-order valence-electron chi connectivity index (χ0n) is 12.2. The van der Waals surface area contributed by atoms with Crippen LogP contribution in [-0.2, 0) is 6.42 Å². The zero-order valence-corrected chi connectivity index (χ0v) is 12.2. The summed E-state index contributed by atoms with van der Waals surface area (Å²) in [5.41, 5.74) is 7.91. The predicted octanol–water partition coefficient (Wildman–Crippen LogP) is 3.53. The van der Waals surface area contributed by atoms with Crippen molar-refractivity contribution in [3.8, 4) is 0 Å². The quantitative estimate of drug-likeness (QED) is 0.845. The average Bonchev–Trinajstić information content (AvgIpc) is 2.73. The molecule has 1 heterocycles. The van der Waals surface area contributed by atoms with Crippen molar-refractivity contribution in [1.82, 2.24) is 4.57 Å². The number of nitrogens with zero attached hydrogens (tertiary/aromatic N) is 1. The Morgan fingerprint density at radius 2 is 2.10 bits per heavy atom. The van der Waals surface area contributed by atoms with Crippen LogP contribution in [0.25, 0.3) is 10.9 Å². The molecule has 3 heteroatoms. The van der Waals surface area contributed by atoms with Gasteiger partial charge < -0.3 is 5.73 Å². The van der Waals surface area contributed by atoms with Gasteiger partial charge in [0.05, 0.1) is 5.52 Å². The van der Waals surface area contributed by atoms with Crippen molar-refractivity contribution in [2.45, 2.75) is 38.6 Å². The topological polar surface area (TPSA) is 48.0 Å². The first-order chi connectivity index (χ1) is 9.42. The monoisotopic (exact) mass is 270 g/mol. The number of aromatic nitrogens is 1. The molecule has 0 amide bonds. The van der Waals surface area contributed by atoms with E-state index in [-0.39, 0.29) is 11.4 Å². The number of fused-ring (bicyclic) bond motifs is 1. The lowest BCUT2D eigenvalue weighted by Crippen LogP contribution is -2.34. The van der Waals surface area contributed by atoms with Crippen LogP contribution in [0, 0.1) is 0 Å². The summed E-state index contributed by atoms with van der Waals surface area (Å²) in [7, 11) is 0. The van der Waals surface area contributed by atoms with Gasteiger partial charge in [-0.25, -0.2) is 0 Å². The first kappa shape index (κ1) is 14.5. The van der Waals surface area contributed by atoms with Gasteiger partial charge in [-0.1, -0.05) is 24.3 Å². The molecule has 0 unspecified atom stereocenters. The predicted molar refractivity (Wildman–Crippen MR) is 84.0 cm³/mol. The number of para-hydroxylation sites is 1. The maximum Gasteiger partial charge on any atom is 0.231 e. The summed E-state index contributed by atoms with van der Waals surface area (Å²) < 4.78 is 1.75. The van der Waals surface area contributed by atoms with Crippen LogP contribution in [0.3, 0.4) is 0 Å². The molecule has 0 fully saturated rings. The summed E-state index contributed by atoms with van der Waals surface area (Å²) in [6.45, 7) is 7.66. The lowest BCUT2D eigenvalue weighted by atomic mass is 9.96. The molecule has 1 aromatic heterocycles. The Labute approximate surface area is 120 Å². The van der Waals surface area contributed by atoms with Crippen molar-refractivity contribution in [3.05, 3.63) is 48.7 Å². The number of allylic oxidation sites excluding steroid dienone is 1. The number of carbonyl (C=O) groups is 1. The smallest absolute Gasteiger partial charge is 0.231 e. The number of carbonyl (C=O) groups excluding carboxylic acids is 1. The van der Waals surface area contributed by atoms with Gasteiger partial charge in [-0.15, -0.1) is 6.58 Å².